The number of amides is 1. The summed E-state index contributed by atoms with van der Waals surface area (Å²) < 4.78 is 25.1. The minimum Gasteiger partial charge on any atom is -0.444 e. The second-order valence-electron chi connectivity index (χ2n) is 8.82. The first-order valence-corrected chi connectivity index (χ1v) is 11.4. The summed E-state index contributed by atoms with van der Waals surface area (Å²) in [5, 5.41) is 6.07. The zero-order valence-corrected chi connectivity index (χ0v) is 19.5. The van der Waals surface area contributed by atoms with Gasteiger partial charge in [-0.05, 0) is 51.2 Å². The van der Waals surface area contributed by atoms with Gasteiger partial charge in [0.2, 0.25) is 0 Å². The molecule has 0 aliphatic heterocycles. The number of rotatable bonds is 13. The first-order valence-electron chi connectivity index (χ1n) is 11.4. The number of carbonyl (C=O) groups excluding carboxylic acids is 1. The van der Waals surface area contributed by atoms with E-state index in [2.05, 4.69) is 10.6 Å². The third kappa shape index (κ3) is 10.7. The number of ether oxygens (including phenoxy) is 2. The second kappa shape index (κ2) is 13.9. The first-order chi connectivity index (χ1) is 15.3. The fraction of sp³-hybridized carbons (Fsp3) is 0.500. The number of benzene rings is 2. The monoisotopic (exact) mass is 444 g/mol. The molecule has 2 rings (SSSR count). The van der Waals surface area contributed by atoms with Crippen molar-refractivity contribution in [3.63, 3.8) is 0 Å². The van der Waals surface area contributed by atoms with Crippen LogP contribution in [0.3, 0.4) is 0 Å². The van der Waals surface area contributed by atoms with Crippen molar-refractivity contribution in [1.29, 1.82) is 0 Å². The van der Waals surface area contributed by atoms with Crippen LogP contribution in [0.15, 0.2) is 60.7 Å². The summed E-state index contributed by atoms with van der Waals surface area (Å²) >= 11 is 0. The predicted octanol–water partition coefficient (Wildman–Crippen LogP) is 5.42. The van der Waals surface area contributed by atoms with Crippen molar-refractivity contribution in [1.82, 2.24) is 10.6 Å². The molecule has 0 radical (unpaired) electrons. The van der Waals surface area contributed by atoms with Crippen molar-refractivity contribution in [2.75, 3.05) is 26.3 Å². The molecule has 0 saturated heterocycles. The molecule has 0 aromatic heterocycles. The zero-order valence-electron chi connectivity index (χ0n) is 19.5. The lowest BCUT2D eigenvalue weighted by atomic mass is 9.98. The number of halogens is 1. The summed E-state index contributed by atoms with van der Waals surface area (Å²) in [5.41, 5.74) is 1.72. The Kier molecular flexibility index (Phi) is 11.2. The Hall–Kier alpha value is -2.44. The highest BCUT2D eigenvalue weighted by Gasteiger charge is 2.16. The van der Waals surface area contributed by atoms with Gasteiger partial charge < -0.3 is 20.1 Å². The minimum atomic E-state index is -1.08. The first kappa shape index (κ1) is 25.8. The fourth-order valence-electron chi connectivity index (χ4n) is 3.25. The molecule has 176 valence electrons. The molecule has 0 heterocycles. The van der Waals surface area contributed by atoms with Gasteiger partial charge in [-0.1, -0.05) is 60.7 Å². The van der Waals surface area contributed by atoms with Crippen molar-refractivity contribution in [2.24, 2.45) is 0 Å². The van der Waals surface area contributed by atoms with Gasteiger partial charge >= 0.3 is 6.09 Å². The Morgan fingerprint density at radius 2 is 1.53 bits per heavy atom. The van der Waals surface area contributed by atoms with Crippen LogP contribution in [0.25, 0.3) is 0 Å². The molecule has 1 amide bonds. The average molecular weight is 445 g/mol. The molecule has 5 nitrogen and oxygen atoms in total. The van der Waals surface area contributed by atoms with Crippen molar-refractivity contribution >= 4 is 6.09 Å². The van der Waals surface area contributed by atoms with Crippen molar-refractivity contribution < 1.29 is 18.7 Å². The van der Waals surface area contributed by atoms with Gasteiger partial charge in [0.15, 0.2) is 0 Å². The molecule has 0 fully saturated rings. The Morgan fingerprint density at radius 1 is 0.938 bits per heavy atom. The van der Waals surface area contributed by atoms with Crippen LogP contribution in [-0.2, 0) is 9.47 Å². The Bertz CT molecular complexity index is 726. The minimum absolute atomic E-state index is 0.0619. The number of hydrogen-bond donors (Lipinski definition) is 2. The third-order valence-corrected chi connectivity index (χ3v) is 4.74. The van der Waals surface area contributed by atoms with Crippen LogP contribution in [0.1, 0.15) is 57.2 Å². The lowest BCUT2D eigenvalue weighted by Gasteiger charge is -2.21. The molecule has 2 aromatic rings. The second-order valence-corrected chi connectivity index (χ2v) is 8.82. The van der Waals surface area contributed by atoms with E-state index < -0.39 is 17.9 Å². The van der Waals surface area contributed by atoms with E-state index >= 15 is 0 Å². The highest BCUT2D eigenvalue weighted by atomic mass is 19.1. The van der Waals surface area contributed by atoms with Gasteiger partial charge in [-0.2, -0.15) is 0 Å². The molecule has 0 aliphatic rings. The van der Waals surface area contributed by atoms with Crippen LogP contribution in [0.4, 0.5) is 9.18 Å². The van der Waals surface area contributed by atoms with E-state index in [1.807, 2.05) is 81.4 Å². The van der Waals surface area contributed by atoms with Crippen LogP contribution in [0, 0.1) is 0 Å². The predicted molar refractivity (Wildman–Crippen MR) is 127 cm³/mol. The number of carbonyl (C=O) groups is 1. The van der Waals surface area contributed by atoms with E-state index in [-0.39, 0.29) is 19.2 Å². The zero-order chi connectivity index (χ0) is 23.2. The lowest BCUT2D eigenvalue weighted by Crippen LogP contribution is -2.33. The summed E-state index contributed by atoms with van der Waals surface area (Å²) in [6, 6.07) is 20.1. The molecule has 1 unspecified atom stereocenters. The Morgan fingerprint density at radius 3 is 2.09 bits per heavy atom. The molecule has 0 saturated carbocycles. The molecular formula is C26H37FN2O3. The van der Waals surface area contributed by atoms with Gasteiger partial charge in [0.1, 0.15) is 11.8 Å². The molecule has 2 aromatic carbocycles. The van der Waals surface area contributed by atoms with E-state index in [0.717, 1.165) is 30.4 Å². The Labute approximate surface area is 191 Å². The van der Waals surface area contributed by atoms with Gasteiger partial charge in [0.25, 0.3) is 0 Å². The van der Waals surface area contributed by atoms with Gasteiger partial charge in [-0.3, -0.25) is 0 Å². The maximum absolute atomic E-state index is 14.4. The topological polar surface area (TPSA) is 59.6 Å². The summed E-state index contributed by atoms with van der Waals surface area (Å²) in [6.45, 7) is 6.86. The molecule has 1 atom stereocenters. The number of alkyl carbamates (subject to hydrolysis) is 1. The van der Waals surface area contributed by atoms with Crippen LogP contribution < -0.4 is 10.6 Å². The molecule has 32 heavy (non-hydrogen) atoms. The third-order valence-electron chi connectivity index (χ3n) is 4.74. The smallest absolute Gasteiger partial charge is 0.407 e. The standard InChI is InChI=1S/C26H37FN2O3/c1-26(2,3)32-25(30)28-17-11-6-12-18-31-20-23(27)19-29-24(21-13-7-4-8-14-21)22-15-9-5-10-16-22/h4-5,7-10,13-16,23-24,29H,6,11-12,17-20H2,1-3H3,(H,28,30). The van der Waals surface area contributed by atoms with Crippen LogP contribution in [0.5, 0.6) is 0 Å². The lowest BCUT2D eigenvalue weighted by molar-refractivity contribution is 0.0525. The van der Waals surface area contributed by atoms with Gasteiger partial charge in [-0.25, -0.2) is 9.18 Å². The normalized spacial score (nSPS) is 12.5. The van der Waals surface area contributed by atoms with Gasteiger partial charge in [0, 0.05) is 19.7 Å². The van der Waals surface area contributed by atoms with Gasteiger partial charge in [-0.15, -0.1) is 0 Å². The summed E-state index contributed by atoms with van der Waals surface area (Å²) in [7, 11) is 0. The number of unbranched alkanes of at least 4 members (excludes halogenated alkanes) is 2. The number of alkyl halides is 1. The summed E-state index contributed by atoms with van der Waals surface area (Å²) in [6.07, 6.45) is 1.07. The Balaban J connectivity index is 1.60. The van der Waals surface area contributed by atoms with E-state index in [4.69, 9.17) is 9.47 Å². The van der Waals surface area contributed by atoms with Crippen LogP contribution in [0.2, 0.25) is 0 Å². The van der Waals surface area contributed by atoms with E-state index in [1.165, 1.54) is 0 Å². The van der Waals surface area contributed by atoms with Crippen molar-refractivity contribution in [3.8, 4) is 0 Å². The molecule has 0 aliphatic carbocycles. The number of nitrogens with one attached hydrogen (secondary N) is 2. The van der Waals surface area contributed by atoms with E-state index in [1.54, 1.807) is 0 Å². The SMILES string of the molecule is CC(C)(C)OC(=O)NCCCCCOCC(F)CNC(c1ccccc1)c1ccccc1. The molecular weight excluding hydrogens is 407 g/mol. The highest BCUT2D eigenvalue weighted by Crippen LogP contribution is 2.21. The van der Waals surface area contributed by atoms with Crippen molar-refractivity contribution in [2.45, 2.75) is 57.8 Å². The van der Waals surface area contributed by atoms with Gasteiger partial charge in [0.05, 0.1) is 12.6 Å². The molecule has 0 bridgehead atoms. The van der Waals surface area contributed by atoms with E-state index in [0.29, 0.717) is 13.2 Å². The summed E-state index contributed by atoms with van der Waals surface area (Å²) in [4.78, 5) is 11.6. The van der Waals surface area contributed by atoms with Crippen LogP contribution >= 0.6 is 0 Å². The van der Waals surface area contributed by atoms with Crippen molar-refractivity contribution in [3.05, 3.63) is 71.8 Å². The maximum Gasteiger partial charge on any atom is 0.407 e. The van der Waals surface area contributed by atoms with E-state index in [9.17, 15) is 9.18 Å². The maximum atomic E-state index is 14.4. The average Bonchev–Trinajstić information content (AvgIpc) is 2.76. The largest absolute Gasteiger partial charge is 0.444 e. The highest BCUT2D eigenvalue weighted by molar-refractivity contribution is 5.67. The molecule has 0 spiro atoms. The number of hydrogen-bond acceptors (Lipinski definition) is 4. The quantitative estimate of drug-likeness (QED) is 0.405. The molecule has 2 N–H and O–H groups in total. The fourth-order valence-corrected chi connectivity index (χ4v) is 3.25. The molecule has 6 heteroatoms. The summed E-state index contributed by atoms with van der Waals surface area (Å²) in [5.74, 6) is 0. The van der Waals surface area contributed by atoms with Crippen LogP contribution in [-0.4, -0.2) is 44.2 Å².